The van der Waals surface area contributed by atoms with Gasteiger partial charge in [-0.05, 0) is 71.5 Å². The van der Waals surface area contributed by atoms with Crippen LogP contribution < -0.4 is 0 Å². The topological polar surface area (TPSA) is 37.4 Å². The number of unbranched alkanes of at least 4 members (excludes halogenated alkanes) is 17. The lowest BCUT2D eigenvalue weighted by molar-refractivity contribution is -0.111. The first-order chi connectivity index (χ1) is 22.5. The van der Waals surface area contributed by atoms with Crippen molar-refractivity contribution < 1.29 is 9.59 Å². The molecular formula is C41H77NO2S2. The Morgan fingerprint density at radius 1 is 0.500 bits per heavy atom. The van der Waals surface area contributed by atoms with Gasteiger partial charge in [0.1, 0.15) is 0 Å². The molecule has 46 heavy (non-hydrogen) atoms. The van der Waals surface area contributed by atoms with Gasteiger partial charge in [-0.3, -0.25) is 9.59 Å². The largest absolute Gasteiger partial charge is 0.309 e. The quantitative estimate of drug-likeness (QED) is 0.0492. The minimum Gasteiger partial charge on any atom is -0.309 e. The molecule has 0 unspecified atom stereocenters. The molecule has 0 aromatic rings. The van der Waals surface area contributed by atoms with Crippen molar-refractivity contribution in [3.05, 3.63) is 24.3 Å². The highest BCUT2D eigenvalue weighted by Gasteiger charge is 2.10. The molecule has 0 aliphatic carbocycles. The lowest BCUT2D eigenvalue weighted by Gasteiger charge is -2.18. The molecule has 0 rings (SSSR count). The van der Waals surface area contributed by atoms with Gasteiger partial charge in [-0.15, -0.1) is 0 Å². The maximum Gasteiger partial charge on any atom is 0.189 e. The number of carbonyl (C=O) groups is 2. The molecule has 0 aromatic heterocycles. The van der Waals surface area contributed by atoms with E-state index in [1.165, 1.54) is 165 Å². The maximum atomic E-state index is 12.2. The summed E-state index contributed by atoms with van der Waals surface area (Å²) in [5.74, 6) is 2.56. The van der Waals surface area contributed by atoms with Gasteiger partial charge in [0.05, 0.1) is 0 Å². The first kappa shape index (κ1) is 45.5. The maximum absolute atomic E-state index is 12.2. The van der Waals surface area contributed by atoms with Crippen molar-refractivity contribution >= 4 is 33.8 Å². The standard InChI is InChI=1S/C41H77NO2S2/c1-5-7-9-11-13-21-29-37-45-40(43)34-25-19-15-17-23-31-39(33-27-28-36-42(3)4)32-24-18-16-20-26-35-41(44)46-38-30-22-14-12-10-8-6-2/h21-22,29-30,39H,5-20,23-28,31-38H2,1-4H3/b29-21+,30-22+. The fourth-order valence-electron chi connectivity index (χ4n) is 5.94. The Hall–Kier alpha value is -0.520. The minimum absolute atomic E-state index is 0.370. The normalized spacial score (nSPS) is 12.0. The number of thioether (sulfide) groups is 2. The molecule has 0 aromatic carbocycles. The fraction of sp³-hybridized carbons (Fsp3) is 0.854. The van der Waals surface area contributed by atoms with E-state index < -0.39 is 0 Å². The number of carbonyl (C=O) groups excluding carboxylic acids is 2. The molecule has 5 heteroatoms. The highest BCUT2D eigenvalue weighted by molar-refractivity contribution is 8.14. The third-order valence-corrected chi connectivity index (χ3v) is 10.7. The van der Waals surface area contributed by atoms with Crippen molar-refractivity contribution in [1.29, 1.82) is 0 Å². The molecule has 0 fully saturated rings. The zero-order valence-electron chi connectivity index (χ0n) is 31.2. The van der Waals surface area contributed by atoms with Crippen LogP contribution in [0.4, 0.5) is 0 Å². The Labute approximate surface area is 296 Å². The Kier molecular flexibility index (Phi) is 36.9. The second-order valence-corrected chi connectivity index (χ2v) is 15.9. The summed E-state index contributed by atoms with van der Waals surface area (Å²) in [5.41, 5.74) is 0. The number of allylic oxidation sites excluding steroid dienone is 2. The smallest absolute Gasteiger partial charge is 0.189 e. The van der Waals surface area contributed by atoms with Gasteiger partial charge in [0.15, 0.2) is 10.2 Å². The van der Waals surface area contributed by atoms with Crippen LogP contribution in [0.3, 0.4) is 0 Å². The van der Waals surface area contributed by atoms with E-state index >= 15 is 0 Å². The van der Waals surface area contributed by atoms with Gasteiger partial charge in [-0.1, -0.05) is 177 Å². The highest BCUT2D eigenvalue weighted by Crippen LogP contribution is 2.24. The van der Waals surface area contributed by atoms with E-state index in [1.807, 2.05) is 0 Å². The first-order valence-corrected chi connectivity index (χ1v) is 21.7. The average molecular weight is 680 g/mol. The minimum atomic E-state index is 0.370. The van der Waals surface area contributed by atoms with Crippen molar-refractivity contribution in [3.63, 3.8) is 0 Å². The number of hydrogen-bond acceptors (Lipinski definition) is 5. The van der Waals surface area contributed by atoms with E-state index in [1.54, 1.807) is 0 Å². The average Bonchev–Trinajstić information content (AvgIpc) is 3.04. The SMILES string of the molecule is CCCCCC/C=C/CSC(=O)CCCCCCCC(CCCCCCCC(=O)SC/C=C/CCCCCC)CCCCN(C)C. The number of hydrogen-bond donors (Lipinski definition) is 0. The molecule has 0 atom stereocenters. The van der Waals surface area contributed by atoms with Crippen molar-refractivity contribution in [2.75, 3.05) is 32.1 Å². The van der Waals surface area contributed by atoms with Crippen LogP contribution in [0, 0.1) is 5.92 Å². The van der Waals surface area contributed by atoms with Crippen molar-refractivity contribution in [2.45, 2.75) is 187 Å². The van der Waals surface area contributed by atoms with Crippen LogP contribution in [0.2, 0.25) is 0 Å². The number of rotatable bonds is 35. The van der Waals surface area contributed by atoms with Crippen LogP contribution in [0.25, 0.3) is 0 Å². The van der Waals surface area contributed by atoms with Gasteiger partial charge in [-0.2, -0.15) is 0 Å². The van der Waals surface area contributed by atoms with Crippen LogP contribution in [0.5, 0.6) is 0 Å². The fourth-order valence-corrected chi connectivity index (χ4v) is 7.35. The summed E-state index contributed by atoms with van der Waals surface area (Å²) in [4.78, 5) is 26.7. The first-order valence-electron chi connectivity index (χ1n) is 19.8. The molecule has 0 bridgehead atoms. The third kappa shape index (κ3) is 36.3. The van der Waals surface area contributed by atoms with E-state index in [0.29, 0.717) is 10.2 Å². The van der Waals surface area contributed by atoms with Crippen LogP contribution in [0.15, 0.2) is 24.3 Å². The Bertz CT molecular complexity index is 669. The molecule has 0 N–H and O–H groups in total. The van der Waals surface area contributed by atoms with E-state index in [2.05, 4.69) is 57.1 Å². The zero-order chi connectivity index (χ0) is 33.8. The lowest BCUT2D eigenvalue weighted by Crippen LogP contribution is -2.13. The molecule has 0 amide bonds. The molecule has 3 nitrogen and oxygen atoms in total. The van der Waals surface area contributed by atoms with E-state index in [4.69, 9.17) is 0 Å². The summed E-state index contributed by atoms with van der Waals surface area (Å²) < 4.78 is 0. The second-order valence-electron chi connectivity index (χ2n) is 13.8. The molecule has 0 aliphatic rings. The van der Waals surface area contributed by atoms with Crippen LogP contribution in [-0.2, 0) is 9.59 Å². The molecule has 0 saturated heterocycles. The van der Waals surface area contributed by atoms with E-state index in [-0.39, 0.29) is 0 Å². The van der Waals surface area contributed by atoms with E-state index in [9.17, 15) is 9.59 Å². The van der Waals surface area contributed by atoms with Gasteiger partial charge >= 0.3 is 0 Å². The van der Waals surface area contributed by atoms with Crippen molar-refractivity contribution in [1.82, 2.24) is 4.90 Å². The van der Waals surface area contributed by atoms with E-state index in [0.717, 1.165) is 55.9 Å². The Balaban J connectivity index is 3.93. The summed E-state index contributed by atoms with van der Waals surface area (Å²) in [5, 5.41) is 0.741. The third-order valence-electron chi connectivity index (χ3n) is 8.92. The Morgan fingerprint density at radius 2 is 0.891 bits per heavy atom. The highest BCUT2D eigenvalue weighted by atomic mass is 32.2. The summed E-state index contributed by atoms with van der Waals surface area (Å²) >= 11 is 3.00. The summed E-state index contributed by atoms with van der Waals surface area (Å²) in [6, 6.07) is 0. The predicted octanol–water partition coefficient (Wildman–Crippen LogP) is 13.4. The zero-order valence-corrected chi connectivity index (χ0v) is 32.8. The molecule has 0 heterocycles. The van der Waals surface area contributed by atoms with Crippen molar-refractivity contribution in [3.8, 4) is 0 Å². The molecule has 0 radical (unpaired) electrons. The molecule has 0 spiro atoms. The van der Waals surface area contributed by atoms with Gasteiger partial charge in [0, 0.05) is 24.3 Å². The van der Waals surface area contributed by atoms with Gasteiger partial charge in [0.25, 0.3) is 0 Å². The monoisotopic (exact) mass is 680 g/mol. The summed E-state index contributed by atoms with van der Waals surface area (Å²) in [7, 11) is 4.36. The molecule has 270 valence electrons. The predicted molar refractivity (Wildman–Crippen MR) is 211 cm³/mol. The molecule has 0 aliphatic heterocycles. The summed E-state index contributed by atoms with van der Waals surface area (Å²) in [6.45, 7) is 5.70. The van der Waals surface area contributed by atoms with Crippen LogP contribution >= 0.6 is 23.5 Å². The molecular weight excluding hydrogens is 603 g/mol. The Morgan fingerprint density at radius 3 is 1.33 bits per heavy atom. The van der Waals surface area contributed by atoms with Gasteiger partial charge in [0.2, 0.25) is 0 Å². The lowest BCUT2D eigenvalue weighted by atomic mass is 9.90. The summed E-state index contributed by atoms with van der Waals surface area (Å²) in [6.07, 6.45) is 42.3. The van der Waals surface area contributed by atoms with Gasteiger partial charge in [-0.25, -0.2) is 0 Å². The second kappa shape index (κ2) is 37.3. The van der Waals surface area contributed by atoms with Crippen LogP contribution in [-0.4, -0.2) is 47.3 Å². The van der Waals surface area contributed by atoms with Crippen molar-refractivity contribution in [2.24, 2.45) is 5.92 Å². The van der Waals surface area contributed by atoms with Crippen LogP contribution in [0.1, 0.15) is 187 Å². The number of nitrogens with zero attached hydrogens (tertiary/aromatic N) is 1. The molecule has 0 saturated carbocycles. The van der Waals surface area contributed by atoms with Gasteiger partial charge < -0.3 is 4.90 Å².